The lowest BCUT2D eigenvalue weighted by atomic mass is 9.96. The van der Waals surface area contributed by atoms with Gasteiger partial charge in [0.1, 0.15) is 6.54 Å². The summed E-state index contributed by atoms with van der Waals surface area (Å²) in [4.78, 5) is 28.1. The van der Waals surface area contributed by atoms with Crippen LogP contribution in [0.2, 0.25) is 0 Å². The molecule has 28 heavy (non-hydrogen) atoms. The van der Waals surface area contributed by atoms with E-state index >= 15 is 0 Å². The lowest BCUT2D eigenvalue weighted by molar-refractivity contribution is -0.121. The van der Waals surface area contributed by atoms with Crippen molar-refractivity contribution in [1.29, 1.82) is 0 Å². The number of nitrogens with one attached hydrogen (secondary N) is 2. The average Bonchev–Trinajstić information content (AvgIpc) is 3.06. The number of nitrogens with zero attached hydrogens (tertiary/aromatic N) is 4. The predicted molar refractivity (Wildman–Crippen MR) is 113 cm³/mol. The van der Waals surface area contributed by atoms with E-state index in [4.69, 9.17) is 0 Å². The number of aryl methyl sites for hydroxylation is 2. The molecule has 3 rings (SSSR count). The van der Waals surface area contributed by atoms with Crippen LogP contribution in [0.5, 0.6) is 0 Å². The second-order valence-corrected chi connectivity index (χ2v) is 6.78. The van der Waals surface area contributed by atoms with Gasteiger partial charge in [0.2, 0.25) is 5.91 Å². The summed E-state index contributed by atoms with van der Waals surface area (Å²) in [6.07, 6.45) is 4.00. The molecule has 1 fully saturated rings. The normalized spacial score (nSPS) is 16.0. The van der Waals surface area contributed by atoms with Crippen molar-refractivity contribution >= 4 is 30.7 Å². The Bertz CT molecular complexity index is 830. The monoisotopic (exact) mass is 430 g/mol. The van der Waals surface area contributed by atoms with Crippen molar-refractivity contribution in [2.24, 2.45) is 0 Å². The maximum Gasteiger partial charge on any atom is 0.348 e. The summed E-state index contributed by atoms with van der Waals surface area (Å²) in [7, 11) is 0. The van der Waals surface area contributed by atoms with E-state index in [2.05, 4.69) is 20.7 Å². The summed E-state index contributed by atoms with van der Waals surface area (Å²) in [5.74, 6) is 0.295. The summed E-state index contributed by atoms with van der Waals surface area (Å²) in [5.41, 5.74) is 2.37. The predicted octanol–water partition coefficient (Wildman–Crippen LogP) is 1.18. The summed E-state index contributed by atoms with van der Waals surface area (Å²) in [6.45, 7) is 6.62. The van der Waals surface area contributed by atoms with Crippen LogP contribution in [0, 0.1) is 13.8 Å². The quantitative estimate of drug-likeness (QED) is 0.717. The van der Waals surface area contributed by atoms with Gasteiger partial charge in [-0.2, -0.15) is 10.1 Å². The van der Waals surface area contributed by atoms with E-state index in [0.29, 0.717) is 24.7 Å². The zero-order valence-electron chi connectivity index (χ0n) is 16.2. The molecule has 1 aliphatic rings. The van der Waals surface area contributed by atoms with Crippen molar-refractivity contribution < 1.29 is 4.79 Å². The highest BCUT2D eigenvalue weighted by Gasteiger charge is 2.19. The van der Waals surface area contributed by atoms with Crippen molar-refractivity contribution in [3.8, 4) is 0 Å². The molecule has 0 aliphatic carbocycles. The summed E-state index contributed by atoms with van der Waals surface area (Å²) in [6, 6.07) is 3.85. The smallest absolute Gasteiger partial charge is 0.348 e. The fourth-order valence-electron chi connectivity index (χ4n) is 3.47. The van der Waals surface area contributed by atoms with E-state index in [1.807, 2.05) is 19.1 Å². The molecule has 0 saturated carbocycles. The topological polar surface area (TPSA) is 93.8 Å². The molecule has 1 amide bonds. The SMILES string of the molecule is Cc1cc(C)n(CCNC(=O)Cn2nccc2C2CCCNC2)c(=O)n1.Cl.Cl. The molecule has 2 N–H and O–H groups in total. The van der Waals surface area contributed by atoms with Crippen LogP contribution >= 0.6 is 24.8 Å². The fourth-order valence-corrected chi connectivity index (χ4v) is 3.47. The first-order valence-corrected chi connectivity index (χ1v) is 9.09. The third-order valence-corrected chi connectivity index (χ3v) is 4.76. The van der Waals surface area contributed by atoms with Crippen LogP contribution in [-0.4, -0.2) is 44.9 Å². The van der Waals surface area contributed by atoms with Gasteiger partial charge in [0.15, 0.2) is 0 Å². The molecule has 156 valence electrons. The summed E-state index contributed by atoms with van der Waals surface area (Å²) in [5, 5.41) is 10.6. The molecule has 1 unspecified atom stereocenters. The molecule has 1 saturated heterocycles. The van der Waals surface area contributed by atoms with E-state index in [1.54, 1.807) is 22.4 Å². The second kappa shape index (κ2) is 11.2. The van der Waals surface area contributed by atoms with Crippen molar-refractivity contribution in [1.82, 2.24) is 30.0 Å². The van der Waals surface area contributed by atoms with E-state index < -0.39 is 0 Å². The Balaban J connectivity index is 0.00000196. The number of carbonyl (C=O) groups is 1. The Morgan fingerprint density at radius 1 is 1.36 bits per heavy atom. The van der Waals surface area contributed by atoms with Crippen LogP contribution in [0.15, 0.2) is 23.1 Å². The van der Waals surface area contributed by atoms with E-state index in [0.717, 1.165) is 37.3 Å². The van der Waals surface area contributed by atoms with Crippen LogP contribution in [-0.2, 0) is 17.9 Å². The molecule has 8 nitrogen and oxygen atoms in total. The minimum absolute atomic E-state index is 0. The Morgan fingerprint density at radius 2 is 2.14 bits per heavy atom. The van der Waals surface area contributed by atoms with Gasteiger partial charge in [-0.15, -0.1) is 24.8 Å². The van der Waals surface area contributed by atoms with Gasteiger partial charge < -0.3 is 10.6 Å². The van der Waals surface area contributed by atoms with Crippen molar-refractivity contribution in [2.45, 2.75) is 45.7 Å². The van der Waals surface area contributed by atoms with Crippen LogP contribution < -0.4 is 16.3 Å². The number of hydrogen-bond donors (Lipinski definition) is 2. The highest BCUT2D eigenvalue weighted by molar-refractivity contribution is 5.85. The minimum atomic E-state index is -0.282. The third kappa shape index (κ3) is 6.05. The Kier molecular flexibility index (Phi) is 9.64. The average molecular weight is 431 g/mol. The van der Waals surface area contributed by atoms with Gasteiger partial charge in [-0.25, -0.2) is 4.79 Å². The zero-order chi connectivity index (χ0) is 18.5. The number of amides is 1. The molecule has 10 heteroatoms. The van der Waals surface area contributed by atoms with Gasteiger partial charge in [0.25, 0.3) is 0 Å². The van der Waals surface area contributed by atoms with Gasteiger partial charge in [-0.1, -0.05) is 0 Å². The molecular formula is C18H28Cl2N6O2. The maximum absolute atomic E-state index is 12.3. The van der Waals surface area contributed by atoms with Gasteiger partial charge in [0, 0.05) is 48.8 Å². The lowest BCUT2D eigenvalue weighted by Crippen LogP contribution is -2.35. The third-order valence-electron chi connectivity index (χ3n) is 4.76. The molecule has 1 aliphatic heterocycles. The number of carbonyl (C=O) groups excluding carboxylic acids is 1. The number of halogens is 2. The molecule has 2 aromatic rings. The van der Waals surface area contributed by atoms with Crippen LogP contribution in [0.4, 0.5) is 0 Å². The summed E-state index contributed by atoms with van der Waals surface area (Å²) >= 11 is 0. The van der Waals surface area contributed by atoms with Crippen molar-refractivity contribution in [3.05, 3.63) is 45.9 Å². The number of aromatic nitrogens is 4. The largest absolute Gasteiger partial charge is 0.353 e. The first-order valence-electron chi connectivity index (χ1n) is 9.09. The molecule has 0 spiro atoms. The zero-order valence-corrected chi connectivity index (χ0v) is 17.8. The summed E-state index contributed by atoms with van der Waals surface area (Å²) < 4.78 is 3.35. The number of hydrogen-bond acceptors (Lipinski definition) is 5. The van der Waals surface area contributed by atoms with Gasteiger partial charge in [-0.3, -0.25) is 14.0 Å². The number of rotatable bonds is 6. The first kappa shape index (κ1) is 24.1. The highest BCUT2D eigenvalue weighted by atomic mass is 35.5. The van der Waals surface area contributed by atoms with Gasteiger partial charge in [0.05, 0.1) is 0 Å². The van der Waals surface area contributed by atoms with E-state index in [9.17, 15) is 9.59 Å². The standard InChI is InChI=1S/C18H26N6O2.2ClH/c1-13-10-14(2)23(18(26)22-13)9-8-20-17(25)12-24-16(5-7-21-24)15-4-3-6-19-11-15;;/h5,7,10,15,19H,3-4,6,8-9,11-12H2,1-2H3,(H,20,25);2*1H. The van der Waals surface area contributed by atoms with Crippen molar-refractivity contribution in [2.75, 3.05) is 19.6 Å². The molecule has 3 heterocycles. The Labute approximate surface area is 176 Å². The van der Waals surface area contributed by atoms with E-state index in [1.165, 1.54) is 0 Å². The van der Waals surface area contributed by atoms with Crippen LogP contribution in [0.3, 0.4) is 0 Å². The molecule has 0 bridgehead atoms. The highest BCUT2D eigenvalue weighted by Crippen LogP contribution is 2.22. The molecular weight excluding hydrogens is 403 g/mol. The molecule has 2 aromatic heterocycles. The first-order chi connectivity index (χ1) is 12.5. The van der Waals surface area contributed by atoms with Crippen molar-refractivity contribution in [3.63, 3.8) is 0 Å². The fraction of sp³-hybridized carbons (Fsp3) is 0.556. The second-order valence-electron chi connectivity index (χ2n) is 6.78. The van der Waals surface area contributed by atoms with Crippen LogP contribution in [0.25, 0.3) is 0 Å². The Morgan fingerprint density at radius 3 is 2.82 bits per heavy atom. The lowest BCUT2D eigenvalue weighted by Gasteiger charge is -2.23. The molecule has 1 atom stereocenters. The molecule has 0 aromatic carbocycles. The maximum atomic E-state index is 12.3. The van der Waals surface area contributed by atoms with Gasteiger partial charge in [-0.05, 0) is 45.4 Å². The Hall–Kier alpha value is -1.90. The molecule has 0 radical (unpaired) electrons. The van der Waals surface area contributed by atoms with E-state index in [-0.39, 0.29) is 43.0 Å². The minimum Gasteiger partial charge on any atom is -0.353 e. The van der Waals surface area contributed by atoms with Crippen LogP contribution in [0.1, 0.15) is 35.8 Å². The van der Waals surface area contributed by atoms with Gasteiger partial charge >= 0.3 is 5.69 Å². The number of piperidine rings is 1.